The average Bonchev–Trinajstić information content (AvgIpc) is 2.86. The molecule has 1 aliphatic rings. The number of fused-ring (bicyclic) bond motifs is 1. The van der Waals surface area contributed by atoms with Crippen LogP contribution in [-0.2, 0) is 6.42 Å². The quantitative estimate of drug-likeness (QED) is 0.793. The van der Waals surface area contributed by atoms with Crippen molar-refractivity contribution >= 4 is 5.78 Å². The number of ketones is 1. The summed E-state index contributed by atoms with van der Waals surface area (Å²) in [6.45, 7) is 0. The van der Waals surface area contributed by atoms with Gasteiger partial charge in [-0.05, 0) is 24.5 Å². The first-order chi connectivity index (χ1) is 8.34. The van der Waals surface area contributed by atoms with Crippen molar-refractivity contribution in [3.05, 3.63) is 53.8 Å². The maximum Gasteiger partial charge on any atom is 0.284 e. The van der Waals surface area contributed by atoms with E-state index in [0.29, 0.717) is 12.4 Å². The molecular formula is C14H12O3. The Hall–Kier alpha value is -2.03. The molecule has 17 heavy (non-hydrogen) atoms. The highest BCUT2D eigenvalue weighted by molar-refractivity contribution is 6.01. The molecule has 0 bridgehead atoms. The number of Topliss-reactive ketones (excluding diaryl/α,β-unsaturated/α-hetero) is 1. The van der Waals surface area contributed by atoms with Crippen molar-refractivity contribution < 1.29 is 13.9 Å². The van der Waals surface area contributed by atoms with E-state index in [0.717, 1.165) is 17.5 Å². The van der Waals surface area contributed by atoms with Gasteiger partial charge in [0.15, 0.2) is 6.10 Å². The van der Waals surface area contributed by atoms with Crippen LogP contribution < -0.4 is 4.74 Å². The van der Waals surface area contributed by atoms with Gasteiger partial charge in [-0.3, -0.25) is 4.79 Å². The lowest BCUT2D eigenvalue weighted by atomic mass is 9.89. The largest absolute Gasteiger partial charge is 0.453 e. The molecular weight excluding hydrogens is 216 g/mol. The molecule has 0 aliphatic heterocycles. The van der Waals surface area contributed by atoms with Crippen LogP contribution in [0, 0.1) is 0 Å². The number of ether oxygens (including phenoxy) is 1. The van der Waals surface area contributed by atoms with Crippen molar-refractivity contribution in [2.24, 2.45) is 0 Å². The van der Waals surface area contributed by atoms with E-state index in [4.69, 9.17) is 9.15 Å². The summed E-state index contributed by atoms with van der Waals surface area (Å²) in [5, 5.41) is 0. The van der Waals surface area contributed by atoms with Gasteiger partial charge in [0.25, 0.3) is 5.95 Å². The minimum atomic E-state index is -0.420. The van der Waals surface area contributed by atoms with Gasteiger partial charge < -0.3 is 9.15 Å². The second kappa shape index (κ2) is 4.09. The number of hydrogen-bond donors (Lipinski definition) is 0. The highest BCUT2D eigenvalue weighted by Gasteiger charge is 2.29. The van der Waals surface area contributed by atoms with E-state index in [2.05, 4.69) is 0 Å². The Morgan fingerprint density at radius 3 is 2.88 bits per heavy atom. The third-order valence-corrected chi connectivity index (χ3v) is 3.00. The van der Waals surface area contributed by atoms with Crippen molar-refractivity contribution in [3.63, 3.8) is 0 Å². The standard InChI is InChI=1S/C14H12O3/c15-14-11-5-2-1-4-10(11)7-8-12(14)17-13-6-3-9-16-13/h1-6,9,12H,7-8H2. The van der Waals surface area contributed by atoms with Gasteiger partial charge in [-0.15, -0.1) is 0 Å². The third-order valence-electron chi connectivity index (χ3n) is 3.00. The van der Waals surface area contributed by atoms with Crippen LogP contribution in [0.2, 0.25) is 0 Å². The summed E-state index contributed by atoms with van der Waals surface area (Å²) >= 11 is 0. The highest BCUT2D eigenvalue weighted by Crippen LogP contribution is 2.24. The predicted molar refractivity (Wildman–Crippen MR) is 62.2 cm³/mol. The Morgan fingerprint density at radius 2 is 2.06 bits per heavy atom. The molecule has 0 N–H and O–H groups in total. The van der Waals surface area contributed by atoms with E-state index < -0.39 is 6.10 Å². The summed E-state index contributed by atoms with van der Waals surface area (Å²) in [4.78, 5) is 12.2. The van der Waals surface area contributed by atoms with Gasteiger partial charge in [0, 0.05) is 11.6 Å². The molecule has 3 rings (SSSR count). The maximum atomic E-state index is 12.2. The van der Waals surface area contributed by atoms with Gasteiger partial charge in [0.1, 0.15) is 0 Å². The fraction of sp³-hybridized carbons (Fsp3) is 0.214. The molecule has 1 heterocycles. The maximum absolute atomic E-state index is 12.2. The van der Waals surface area contributed by atoms with Crippen LogP contribution in [-0.4, -0.2) is 11.9 Å². The van der Waals surface area contributed by atoms with Crippen LogP contribution in [0.3, 0.4) is 0 Å². The molecule has 0 radical (unpaired) electrons. The lowest BCUT2D eigenvalue weighted by Gasteiger charge is -2.22. The molecule has 1 aromatic heterocycles. The zero-order valence-electron chi connectivity index (χ0n) is 9.26. The Balaban J connectivity index is 1.84. The third kappa shape index (κ3) is 1.84. The minimum absolute atomic E-state index is 0.0447. The van der Waals surface area contributed by atoms with Crippen molar-refractivity contribution in [1.29, 1.82) is 0 Å². The first-order valence-corrected chi connectivity index (χ1v) is 5.67. The lowest BCUT2D eigenvalue weighted by Crippen LogP contribution is -2.32. The summed E-state index contributed by atoms with van der Waals surface area (Å²) in [6.07, 6.45) is 2.69. The molecule has 2 aromatic rings. The average molecular weight is 228 g/mol. The second-order valence-corrected chi connectivity index (χ2v) is 4.10. The molecule has 0 amide bonds. The summed E-state index contributed by atoms with van der Waals surface area (Å²) in [5.74, 6) is 0.450. The Bertz CT molecular complexity index is 528. The molecule has 1 unspecified atom stereocenters. The van der Waals surface area contributed by atoms with Crippen molar-refractivity contribution in [2.45, 2.75) is 18.9 Å². The molecule has 86 valence electrons. The molecule has 0 saturated carbocycles. The van der Waals surface area contributed by atoms with E-state index in [9.17, 15) is 4.79 Å². The first kappa shape index (κ1) is 10.1. The topological polar surface area (TPSA) is 39.4 Å². The summed E-state index contributed by atoms with van der Waals surface area (Å²) in [6, 6.07) is 11.2. The lowest BCUT2D eigenvalue weighted by molar-refractivity contribution is 0.0708. The Morgan fingerprint density at radius 1 is 1.18 bits per heavy atom. The van der Waals surface area contributed by atoms with E-state index in [-0.39, 0.29) is 5.78 Å². The summed E-state index contributed by atoms with van der Waals surface area (Å²) in [7, 11) is 0. The van der Waals surface area contributed by atoms with Gasteiger partial charge in [-0.2, -0.15) is 0 Å². The zero-order valence-corrected chi connectivity index (χ0v) is 9.26. The monoisotopic (exact) mass is 228 g/mol. The van der Waals surface area contributed by atoms with Crippen LogP contribution in [0.5, 0.6) is 5.95 Å². The molecule has 0 fully saturated rings. The number of rotatable bonds is 2. The van der Waals surface area contributed by atoms with Gasteiger partial charge in [-0.1, -0.05) is 24.3 Å². The number of benzene rings is 1. The van der Waals surface area contributed by atoms with Crippen LogP contribution in [0.4, 0.5) is 0 Å². The smallest absolute Gasteiger partial charge is 0.284 e. The Labute approximate surface area is 99.0 Å². The highest BCUT2D eigenvalue weighted by atomic mass is 16.6. The van der Waals surface area contributed by atoms with Crippen molar-refractivity contribution in [3.8, 4) is 5.95 Å². The number of carbonyl (C=O) groups excluding carboxylic acids is 1. The number of carbonyl (C=O) groups is 1. The number of hydrogen-bond acceptors (Lipinski definition) is 3. The van der Waals surface area contributed by atoms with Crippen LogP contribution in [0.25, 0.3) is 0 Å². The molecule has 0 spiro atoms. The van der Waals surface area contributed by atoms with Crippen LogP contribution >= 0.6 is 0 Å². The first-order valence-electron chi connectivity index (χ1n) is 5.67. The SMILES string of the molecule is O=C1c2ccccc2CCC1Oc1ccco1. The number of furan rings is 1. The molecule has 1 aromatic carbocycles. The predicted octanol–water partition coefficient (Wildman–Crippen LogP) is 2.86. The fourth-order valence-electron chi connectivity index (χ4n) is 2.15. The van der Waals surface area contributed by atoms with Gasteiger partial charge in [-0.25, -0.2) is 0 Å². The number of aryl methyl sites for hydroxylation is 1. The van der Waals surface area contributed by atoms with Gasteiger partial charge >= 0.3 is 0 Å². The Kier molecular flexibility index (Phi) is 2.44. The fourth-order valence-corrected chi connectivity index (χ4v) is 2.15. The van der Waals surface area contributed by atoms with E-state index in [1.165, 1.54) is 6.26 Å². The molecule has 0 saturated heterocycles. The summed E-state index contributed by atoms with van der Waals surface area (Å²) < 4.78 is 10.6. The molecule has 1 aliphatic carbocycles. The normalized spacial score (nSPS) is 18.8. The van der Waals surface area contributed by atoms with Crippen LogP contribution in [0.1, 0.15) is 22.3 Å². The van der Waals surface area contributed by atoms with E-state index in [1.54, 1.807) is 12.1 Å². The van der Waals surface area contributed by atoms with E-state index >= 15 is 0 Å². The summed E-state index contributed by atoms with van der Waals surface area (Å²) in [5.41, 5.74) is 1.88. The zero-order chi connectivity index (χ0) is 11.7. The van der Waals surface area contributed by atoms with Crippen molar-refractivity contribution in [2.75, 3.05) is 0 Å². The molecule has 3 heteroatoms. The molecule has 1 atom stereocenters. The second-order valence-electron chi connectivity index (χ2n) is 4.10. The molecule has 3 nitrogen and oxygen atoms in total. The van der Waals surface area contributed by atoms with Gasteiger partial charge in [0.05, 0.1) is 6.26 Å². The van der Waals surface area contributed by atoms with Gasteiger partial charge in [0.2, 0.25) is 5.78 Å². The van der Waals surface area contributed by atoms with Crippen molar-refractivity contribution in [1.82, 2.24) is 0 Å². The van der Waals surface area contributed by atoms with Crippen LogP contribution in [0.15, 0.2) is 47.1 Å². The minimum Gasteiger partial charge on any atom is -0.453 e. The van der Waals surface area contributed by atoms with E-state index in [1.807, 2.05) is 24.3 Å².